The molecule has 0 aliphatic carbocycles. The fourth-order valence-electron chi connectivity index (χ4n) is 1.70. The van der Waals surface area contributed by atoms with Crippen molar-refractivity contribution in [3.05, 3.63) is 18.2 Å². The van der Waals surface area contributed by atoms with E-state index in [2.05, 4.69) is 21.9 Å². The maximum Gasteiger partial charge on any atom is 0.108 e. The Balaban J connectivity index is 2.31. The van der Waals surface area contributed by atoms with E-state index in [1.165, 1.54) is 12.8 Å². The summed E-state index contributed by atoms with van der Waals surface area (Å²) < 4.78 is 2.06. The zero-order valence-corrected chi connectivity index (χ0v) is 9.74. The molecule has 3 N–H and O–H groups in total. The standard InChI is InChI=1S/C11H22N4/c1-3-4-5-10(14-12)6-7-11-13-8-9-15(11)2/h8-10,14H,3-7,12H2,1-2H3. The molecule has 0 aliphatic heterocycles. The van der Waals surface area contributed by atoms with E-state index < -0.39 is 0 Å². The summed E-state index contributed by atoms with van der Waals surface area (Å²) in [6.45, 7) is 2.20. The molecule has 4 nitrogen and oxygen atoms in total. The molecule has 1 heterocycles. The SMILES string of the molecule is CCCCC(CCc1nccn1C)NN. The molecular formula is C11H22N4. The number of imidazole rings is 1. The van der Waals surface area contributed by atoms with Gasteiger partial charge in [0.05, 0.1) is 0 Å². The van der Waals surface area contributed by atoms with Crippen LogP contribution < -0.4 is 11.3 Å². The average molecular weight is 210 g/mol. The largest absolute Gasteiger partial charge is 0.338 e. The van der Waals surface area contributed by atoms with Crippen molar-refractivity contribution in [1.82, 2.24) is 15.0 Å². The van der Waals surface area contributed by atoms with Crippen molar-refractivity contribution in [3.63, 3.8) is 0 Å². The lowest BCUT2D eigenvalue weighted by atomic mass is 10.1. The van der Waals surface area contributed by atoms with Crippen LogP contribution in [0.2, 0.25) is 0 Å². The molecule has 4 heteroatoms. The van der Waals surface area contributed by atoms with Crippen molar-refractivity contribution in [1.29, 1.82) is 0 Å². The van der Waals surface area contributed by atoms with Crippen molar-refractivity contribution in [2.75, 3.05) is 0 Å². The molecule has 1 aromatic heterocycles. The van der Waals surface area contributed by atoms with Crippen LogP contribution >= 0.6 is 0 Å². The number of aromatic nitrogens is 2. The lowest BCUT2D eigenvalue weighted by Gasteiger charge is -2.14. The van der Waals surface area contributed by atoms with E-state index in [0.29, 0.717) is 6.04 Å². The molecule has 0 aliphatic rings. The summed E-state index contributed by atoms with van der Waals surface area (Å²) in [4.78, 5) is 4.30. The molecule has 0 amide bonds. The van der Waals surface area contributed by atoms with Crippen molar-refractivity contribution < 1.29 is 0 Å². The summed E-state index contributed by atoms with van der Waals surface area (Å²) >= 11 is 0. The van der Waals surface area contributed by atoms with Crippen molar-refractivity contribution >= 4 is 0 Å². The first-order valence-electron chi connectivity index (χ1n) is 5.70. The second kappa shape index (κ2) is 6.58. The van der Waals surface area contributed by atoms with Crippen molar-refractivity contribution in [2.24, 2.45) is 12.9 Å². The predicted octanol–water partition coefficient (Wildman–Crippen LogP) is 1.37. The van der Waals surface area contributed by atoms with E-state index in [-0.39, 0.29) is 0 Å². The van der Waals surface area contributed by atoms with E-state index in [4.69, 9.17) is 5.84 Å². The Morgan fingerprint density at radius 1 is 1.53 bits per heavy atom. The Labute approximate surface area is 91.8 Å². The Morgan fingerprint density at radius 3 is 2.87 bits per heavy atom. The monoisotopic (exact) mass is 210 g/mol. The fraction of sp³-hybridized carbons (Fsp3) is 0.727. The minimum atomic E-state index is 0.418. The van der Waals surface area contributed by atoms with E-state index in [1.54, 1.807) is 0 Å². The van der Waals surface area contributed by atoms with Crippen molar-refractivity contribution in [2.45, 2.75) is 45.1 Å². The molecule has 0 saturated heterocycles. The lowest BCUT2D eigenvalue weighted by Crippen LogP contribution is -2.35. The number of unbranched alkanes of at least 4 members (excludes halogenated alkanes) is 1. The molecule has 0 bridgehead atoms. The Bertz CT molecular complexity index is 269. The molecule has 0 saturated carbocycles. The predicted molar refractivity (Wildman–Crippen MR) is 62.2 cm³/mol. The van der Waals surface area contributed by atoms with Gasteiger partial charge in [-0.25, -0.2) is 4.98 Å². The first-order chi connectivity index (χ1) is 7.27. The summed E-state index contributed by atoms with van der Waals surface area (Å²) in [5.41, 5.74) is 2.88. The van der Waals surface area contributed by atoms with Crippen LogP contribution in [0.15, 0.2) is 12.4 Å². The van der Waals surface area contributed by atoms with Gasteiger partial charge in [-0.15, -0.1) is 0 Å². The highest BCUT2D eigenvalue weighted by molar-refractivity contribution is 4.91. The summed E-state index contributed by atoms with van der Waals surface area (Å²) in [7, 11) is 2.03. The molecule has 1 aromatic rings. The lowest BCUT2D eigenvalue weighted by molar-refractivity contribution is 0.443. The summed E-state index contributed by atoms with van der Waals surface area (Å²) in [5.74, 6) is 6.65. The average Bonchev–Trinajstić information content (AvgIpc) is 2.65. The normalized spacial score (nSPS) is 13.0. The number of hydrogen-bond donors (Lipinski definition) is 2. The molecule has 1 rings (SSSR count). The van der Waals surface area contributed by atoms with Gasteiger partial charge in [0.1, 0.15) is 5.82 Å². The van der Waals surface area contributed by atoms with E-state index in [1.807, 2.05) is 19.4 Å². The minimum absolute atomic E-state index is 0.418. The van der Waals surface area contributed by atoms with Gasteiger partial charge in [-0.1, -0.05) is 19.8 Å². The fourth-order valence-corrected chi connectivity index (χ4v) is 1.70. The third-order valence-corrected chi connectivity index (χ3v) is 2.78. The molecule has 15 heavy (non-hydrogen) atoms. The van der Waals surface area contributed by atoms with Gasteiger partial charge in [-0.05, 0) is 12.8 Å². The molecule has 0 aromatic carbocycles. The second-order valence-electron chi connectivity index (χ2n) is 4.00. The Kier molecular flexibility index (Phi) is 5.36. The van der Waals surface area contributed by atoms with Crippen molar-refractivity contribution in [3.8, 4) is 0 Å². The summed E-state index contributed by atoms with van der Waals surface area (Å²) in [5, 5.41) is 0. The highest BCUT2D eigenvalue weighted by atomic mass is 15.2. The first kappa shape index (κ1) is 12.2. The quantitative estimate of drug-likeness (QED) is 0.528. The molecule has 86 valence electrons. The Morgan fingerprint density at radius 2 is 2.33 bits per heavy atom. The Hall–Kier alpha value is -0.870. The van der Waals surface area contributed by atoms with Crippen LogP contribution in [0, 0.1) is 0 Å². The summed E-state index contributed by atoms with van der Waals surface area (Å²) in [6.07, 6.45) is 9.47. The van der Waals surface area contributed by atoms with Gasteiger partial charge in [0.2, 0.25) is 0 Å². The molecule has 0 spiro atoms. The molecular weight excluding hydrogens is 188 g/mol. The van der Waals surface area contributed by atoms with E-state index in [9.17, 15) is 0 Å². The van der Waals surface area contributed by atoms with Gasteiger partial charge in [-0.3, -0.25) is 11.3 Å². The van der Waals surface area contributed by atoms with E-state index in [0.717, 1.165) is 25.1 Å². The molecule has 1 atom stereocenters. The topological polar surface area (TPSA) is 55.9 Å². The number of nitrogens with one attached hydrogen (secondary N) is 1. The van der Waals surface area contributed by atoms with Crippen LogP contribution in [0.4, 0.5) is 0 Å². The number of aryl methyl sites for hydroxylation is 2. The van der Waals surface area contributed by atoms with Crippen LogP contribution in [0.25, 0.3) is 0 Å². The van der Waals surface area contributed by atoms with Gasteiger partial charge in [0.15, 0.2) is 0 Å². The van der Waals surface area contributed by atoms with Gasteiger partial charge < -0.3 is 4.57 Å². The highest BCUT2D eigenvalue weighted by Crippen LogP contribution is 2.07. The first-order valence-corrected chi connectivity index (χ1v) is 5.70. The van der Waals surface area contributed by atoms with E-state index >= 15 is 0 Å². The van der Waals surface area contributed by atoms with Crippen LogP contribution in [-0.4, -0.2) is 15.6 Å². The molecule has 1 unspecified atom stereocenters. The number of hydrogen-bond acceptors (Lipinski definition) is 3. The third-order valence-electron chi connectivity index (χ3n) is 2.78. The van der Waals surface area contributed by atoms with Crippen LogP contribution in [0.3, 0.4) is 0 Å². The maximum absolute atomic E-state index is 5.51. The molecule has 0 radical (unpaired) electrons. The van der Waals surface area contributed by atoms with Gasteiger partial charge in [0, 0.05) is 31.9 Å². The highest BCUT2D eigenvalue weighted by Gasteiger charge is 2.07. The van der Waals surface area contributed by atoms with Gasteiger partial charge >= 0.3 is 0 Å². The van der Waals surface area contributed by atoms with Crippen LogP contribution in [0.5, 0.6) is 0 Å². The zero-order valence-electron chi connectivity index (χ0n) is 9.74. The number of nitrogens with two attached hydrogens (primary N) is 1. The molecule has 0 fully saturated rings. The number of hydrazine groups is 1. The summed E-state index contributed by atoms with van der Waals surface area (Å²) in [6, 6.07) is 0.418. The smallest absolute Gasteiger partial charge is 0.108 e. The van der Waals surface area contributed by atoms with Gasteiger partial charge in [0.25, 0.3) is 0 Å². The zero-order chi connectivity index (χ0) is 11.1. The third kappa shape index (κ3) is 4.01. The minimum Gasteiger partial charge on any atom is -0.338 e. The van der Waals surface area contributed by atoms with Gasteiger partial charge in [-0.2, -0.15) is 0 Å². The number of nitrogens with zero attached hydrogens (tertiary/aromatic N) is 2. The van der Waals surface area contributed by atoms with Crippen LogP contribution in [-0.2, 0) is 13.5 Å². The maximum atomic E-state index is 5.51. The van der Waals surface area contributed by atoms with Crippen LogP contribution in [0.1, 0.15) is 38.4 Å². The number of rotatable bonds is 7. The second-order valence-corrected chi connectivity index (χ2v) is 4.00.